The molecule has 102 valence electrons. The highest BCUT2D eigenvalue weighted by atomic mass is 16.8. The lowest BCUT2D eigenvalue weighted by Gasteiger charge is -2.42. The van der Waals surface area contributed by atoms with Crippen LogP contribution in [0.2, 0.25) is 0 Å². The van der Waals surface area contributed by atoms with Gasteiger partial charge in [0.2, 0.25) is 0 Å². The van der Waals surface area contributed by atoms with E-state index in [-0.39, 0.29) is 0 Å². The van der Waals surface area contributed by atoms with Gasteiger partial charge in [0, 0.05) is 8.41 Å². The predicted octanol–water partition coefficient (Wildman–Crippen LogP) is -1.81. The van der Waals surface area contributed by atoms with E-state index in [0.29, 0.717) is 0 Å². The largest absolute Gasteiger partial charge is 0.394 e. The lowest BCUT2D eigenvalue weighted by molar-refractivity contribution is -0.357. The van der Waals surface area contributed by atoms with Crippen molar-refractivity contribution in [1.82, 2.24) is 0 Å². The van der Waals surface area contributed by atoms with Crippen LogP contribution in [0, 0.1) is 0 Å². The van der Waals surface area contributed by atoms with Crippen molar-refractivity contribution in [2.75, 3.05) is 13.6 Å². The summed E-state index contributed by atoms with van der Waals surface area (Å²) in [6.45, 7) is -0.114. The zero-order chi connectivity index (χ0) is 16.4. The van der Waals surface area contributed by atoms with Gasteiger partial charge in [-0.3, -0.25) is 0 Å². The van der Waals surface area contributed by atoms with Gasteiger partial charge in [0.1, 0.15) is 24.4 Å². The van der Waals surface area contributed by atoms with Crippen molar-refractivity contribution in [1.29, 1.82) is 0 Å². The van der Waals surface area contributed by atoms with E-state index in [2.05, 4.69) is 4.74 Å². The molecule has 4 N–H and O–H groups in total. The Morgan fingerprint density at radius 3 is 2.53 bits per heavy atom. The molecular weight excluding hydrogens is 232 g/mol. The predicted molar refractivity (Wildman–Crippen MR) is 55.9 cm³/mol. The summed E-state index contributed by atoms with van der Waals surface area (Å²) in [4.78, 5) is 0. The average Bonchev–Trinajstić information content (AvgIpc) is 2.37. The van der Waals surface area contributed by atoms with Gasteiger partial charge in [-0.2, -0.15) is 0 Å². The van der Waals surface area contributed by atoms with Gasteiger partial charge in [0.25, 0.3) is 0 Å². The van der Waals surface area contributed by atoms with E-state index < -0.39 is 57.0 Å². The van der Waals surface area contributed by atoms with Crippen molar-refractivity contribution in [3.63, 3.8) is 0 Å². The second kappa shape index (κ2) is 5.57. The molecule has 1 unspecified atom stereocenters. The Hall–Kier alpha value is -0.280. The van der Waals surface area contributed by atoms with E-state index in [4.69, 9.17) is 20.1 Å². The van der Waals surface area contributed by atoms with E-state index in [1.165, 1.54) is 0 Å². The van der Waals surface area contributed by atoms with Crippen LogP contribution >= 0.6 is 0 Å². The Morgan fingerprint density at radius 2 is 2.00 bits per heavy atom. The molecule has 1 saturated heterocycles. The van der Waals surface area contributed by atoms with E-state index >= 15 is 0 Å². The van der Waals surface area contributed by atoms with Crippen molar-refractivity contribution in [2.24, 2.45) is 0 Å². The SMILES string of the molecule is [2H]CC(C)(O[C@H]1O[C@H](CO)[C@@H](O)[C@H](O)[C@H]1O)OC([2H])([2H])[2H]. The number of aliphatic hydroxyl groups is 4. The summed E-state index contributed by atoms with van der Waals surface area (Å²) in [6, 6.07) is 0. The fourth-order valence-electron chi connectivity index (χ4n) is 1.43. The van der Waals surface area contributed by atoms with Crippen LogP contribution in [-0.4, -0.2) is 70.6 Å². The van der Waals surface area contributed by atoms with Gasteiger partial charge in [-0.05, 0) is 13.8 Å². The average molecular weight is 256 g/mol. The first-order valence-electron chi connectivity index (χ1n) is 7.21. The maximum atomic E-state index is 9.78. The lowest BCUT2D eigenvalue weighted by atomic mass is 9.99. The van der Waals surface area contributed by atoms with Gasteiger partial charge in [-0.25, -0.2) is 0 Å². The number of aliphatic hydroxyl groups excluding tert-OH is 4. The Kier molecular flexibility index (Phi) is 3.16. The molecule has 0 amide bonds. The number of rotatable bonds is 4. The van der Waals surface area contributed by atoms with E-state index in [0.717, 1.165) is 6.92 Å². The van der Waals surface area contributed by atoms with Crippen LogP contribution in [0.15, 0.2) is 0 Å². The van der Waals surface area contributed by atoms with Crippen LogP contribution < -0.4 is 0 Å². The van der Waals surface area contributed by atoms with E-state index in [9.17, 15) is 15.3 Å². The normalized spacial score (nSPS) is 46.3. The summed E-state index contributed by atoms with van der Waals surface area (Å²) < 4.78 is 43.2. The lowest BCUT2D eigenvalue weighted by Crippen LogP contribution is -2.60. The fraction of sp³-hybridized carbons (Fsp3) is 1.00. The van der Waals surface area contributed by atoms with E-state index in [1.807, 2.05) is 0 Å². The van der Waals surface area contributed by atoms with Crippen molar-refractivity contribution in [3.05, 3.63) is 0 Å². The molecule has 0 aliphatic carbocycles. The molecule has 1 heterocycles. The summed E-state index contributed by atoms with van der Waals surface area (Å²) in [5.74, 6) is -1.93. The molecule has 0 spiro atoms. The molecule has 7 nitrogen and oxygen atoms in total. The standard InChI is InChI=1S/C10H20O7/c1-10(2,15-3)17-9-8(14)7(13)6(12)5(4-11)16-9/h5-9,11-14H,4H2,1-3H3/t5-,6-,7+,8-,9-/m1/s1/i1D,3D3/t5-,6-,7+,8-,9-,10?. The zero-order valence-corrected chi connectivity index (χ0v) is 9.31. The molecule has 0 aromatic heterocycles. The molecule has 0 bridgehead atoms. The first-order chi connectivity index (χ1) is 9.53. The van der Waals surface area contributed by atoms with Gasteiger partial charge in [-0.1, -0.05) is 0 Å². The maximum Gasteiger partial charge on any atom is 0.189 e. The molecule has 6 atom stereocenters. The van der Waals surface area contributed by atoms with Gasteiger partial charge in [0.05, 0.1) is 10.7 Å². The monoisotopic (exact) mass is 256 g/mol. The second-order valence-electron chi connectivity index (χ2n) is 4.05. The third kappa shape index (κ3) is 3.35. The highest BCUT2D eigenvalue weighted by molar-refractivity contribution is 4.89. The highest BCUT2D eigenvalue weighted by Crippen LogP contribution is 2.25. The van der Waals surface area contributed by atoms with Crippen LogP contribution in [-0.2, 0) is 14.2 Å². The van der Waals surface area contributed by atoms with Crippen LogP contribution in [0.1, 0.15) is 19.3 Å². The minimum absolute atomic E-state index is 0.625. The Balaban J connectivity index is 2.83. The smallest absolute Gasteiger partial charge is 0.189 e. The molecule has 17 heavy (non-hydrogen) atoms. The molecule has 7 heteroatoms. The Morgan fingerprint density at radius 1 is 1.29 bits per heavy atom. The zero-order valence-electron chi connectivity index (χ0n) is 13.3. The molecule has 1 rings (SSSR count). The molecule has 0 aromatic carbocycles. The van der Waals surface area contributed by atoms with Gasteiger partial charge < -0.3 is 34.6 Å². The Bertz CT molecular complexity index is 340. The molecule has 1 aliphatic rings. The fourth-order valence-corrected chi connectivity index (χ4v) is 1.43. The third-order valence-electron chi connectivity index (χ3n) is 2.43. The van der Waals surface area contributed by atoms with Crippen molar-refractivity contribution >= 4 is 0 Å². The van der Waals surface area contributed by atoms with Crippen molar-refractivity contribution in [2.45, 2.75) is 50.3 Å². The van der Waals surface area contributed by atoms with Crippen LogP contribution in [0.25, 0.3) is 0 Å². The summed E-state index contributed by atoms with van der Waals surface area (Å²) in [5.41, 5.74) is 0. The van der Waals surface area contributed by atoms with Crippen LogP contribution in [0.5, 0.6) is 0 Å². The molecular formula is C10H20O7. The first-order valence-corrected chi connectivity index (χ1v) is 5.01. The minimum atomic E-state index is -2.84. The number of ether oxygens (including phenoxy) is 3. The van der Waals surface area contributed by atoms with Gasteiger partial charge in [-0.15, -0.1) is 0 Å². The first kappa shape index (κ1) is 9.62. The molecule has 0 aromatic rings. The topological polar surface area (TPSA) is 109 Å². The van der Waals surface area contributed by atoms with E-state index in [1.54, 1.807) is 0 Å². The maximum absolute atomic E-state index is 9.78. The molecule has 1 fully saturated rings. The molecule has 0 saturated carbocycles. The van der Waals surface area contributed by atoms with Crippen molar-refractivity contribution < 1.29 is 40.1 Å². The quantitative estimate of drug-likeness (QED) is 0.439. The third-order valence-corrected chi connectivity index (χ3v) is 2.43. The number of hydrogen-bond acceptors (Lipinski definition) is 7. The summed E-state index contributed by atoms with van der Waals surface area (Å²) in [7, 11) is -2.84. The van der Waals surface area contributed by atoms with Crippen LogP contribution in [0.4, 0.5) is 0 Å². The highest BCUT2D eigenvalue weighted by Gasteiger charge is 2.45. The van der Waals surface area contributed by atoms with Crippen molar-refractivity contribution in [3.8, 4) is 0 Å². The van der Waals surface area contributed by atoms with Gasteiger partial charge in [0.15, 0.2) is 12.1 Å². The summed E-state index contributed by atoms with van der Waals surface area (Å²) >= 11 is 0. The van der Waals surface area contributed by atoms with Gasteiger partial charge >= 0.3 is 0 Å². The minimum Gasteiger partial charge on any atom is -0.394 e. The van der Waals surface area contributed by atoms with Crippen LogP contribution in [0.3, 0.4) is 0 Å². The summed E-state index contributed by atoms with van der Waals surface area (Å²) in [5, 5.41) is 38.0. The number of methoxy groups -OCH3 is 1. The molecule has 1 aliphatic heterocycles. The summed E-state index contributed by atoms with van der Waals surface area (Å²) in [6.07, 6.45) is -7.69. The number of hydrogen-bond donors (Lipinski definition) is 4. The second-order valence-corrected chi connectivity index (χ2v) is 4.05. The molecule has 0 radical (unpaired) electrons. The Labute approximate surface area is 105 Å².